The molecule has 5 heterocycles. The van der Waals surface area contributed by atoms with Crippen LogP contribution < -0.4 is 4.90 Å². The van der Waals surface area contributed by atoms with Crippen LogP contribution in [0.1, 0.15) is 26.2 Å². The van der Waals surface area contributed by atoms with Gasteiger partial charge in [0.05, 0.1) is 42.0 Å². The first kappa shape index (κ1) is 21.8. The van der Waals surface area contributed by atoms with Crippen molar-refractivity contribution in [2.75, 3.05) is 24.6 Å². The zero-order valence-corrected chi connectivity index (χ0v) is 20.5. The van der Waals surface area contributed by atoms with Gasteiger partial charge in [0.2, 0.25) is 0 Å². The van der Waals surface area contributed by atoms with Crippen molar-refractivity contribution in [3.8, 4) is 11.3 Å². The van der Waals surface area contributed by atoms with Crippen molar-refractivity contribution in [1.29, 1.82) is 0 Å². The van der Waals surface area contributed by atoms with Crippen LogP contribution in [0, 0.1) is 5.41 Å². The molecule has 7 nitrogen and oxygen atoms in total. The highest BCUT2D eigenvalue weighted by molar-refractivity contribution is 7.99. The molecule has 0 bridgehead atoms. The number of halogens is 1. The molecule has 2 aliphatic heterocycles. The van der Waals surface area contributed by atoms with E-state index in [1.807, 2.05) is 48.9 Å². The normalized spacial score (nSPS) is 19.8. The molecule has 34 heavy (non-hydrogen) atoms. The maximum atomic E-state index is 6.79. The Hall–Kier alpha value is -2.68. The molecule has 0 unspecified atom stereocenters. The summed E-state index contributed by atoms with van der Waals surface area (Å²) in [6, 6.07) is 9.77. The van der Waals surface area contributed by atoms with E-state index < -0.39 is 0 Å². The van der Waals surface area contributed by atoms with Gasteiger partial charge < -0.3 is 9.64 Å². The second-order valence-electron chi connectivity index (χ2n) is 9.19. The highest BCUT2D eigenvalue weighted by Gasteiger charge is 2.41. The van der Waals surface area contributed by atoms with Gasteiger partial charge in [0, 0.05) is 35.8 Å². The number of nitrogens with zero attached hydrogens (tertiary/aromatic N) is 6. The van der Waals surface area contributed by atoms with Crippen LogP contribution >= 0.6 is 23.4 Å². The van der Waals surface area contributed by atoms with Crippen LogP contribution in [0.4, 0.5) is 5.82 Å². The van der Waals surface area contributed by atoms with E-state index in [2.05, 4.69) is 26.9 Å². The molecule has 174 valence electrons. The Morgan fingerprint density at radius 2 is 2.00 bits per heavy atom. The van der Waals surface area contributed by atoms with Crippen LogP contribution in [-0.4, -0.2) is 50.4 Å². The van der Waals surface area contributed by atoms with Crippen molar-refractivity contribution in [2.45, 2.75) is 42.2 Å². The number of hydrogen-bond acceptors (Lipinski definition) is 7. The SMILES string of the molecule is C[C@@H]1CC2(CCN(c3cnc(Sc4cccc(-c5ccn6nccc6n5)c4Cl)cn3)CC2)CO1. The zero-order chi connectivity index (χ0) is 23.1. The molecule has 0 amide bonds. The van der Waals surface area contributed by atoms with Crippen LogP contribution in [0.15, 0.2) is 65.0 Å². The van der Waals surface area contributed by atoms with Gasteiger partial charge >= 0.3 is 0 Å². The molecule has 1 atom stereocenters. The van der Waals surface area contributed by atoms with E-state index in [0.717, 1.165) is 65.2 Å². The monoisotopic (exact) mass is 492 g/mol. The van der Waals surface area contributed by atoms with Crippen LogP contribution in [0.25, 0.3) is 16.9 Å². The molecule has 0 radical (unpaired) electrons. The Bertz CT molecular complexity index is 1320. The van der Waals surface area contributed by atoms with Crippen LogP contribution in [0.3, 0.4) is 0 Å². The van der Waals surface area contributed by atoms with Crippen LogP contribution in [0.5, 0.6) is 0 Å². The van der Waals surface area contributed by atoms with Crippen molar-refractivity contribution in [3.05, 3.63) is 60.1 Å². The van der Waals surface area contributed by atoms with E-state index in [-0.39, 0.29) is 0 Å². The van der Waals surface area contributed by atoms with Gasteiger partial charge in [-0.2, -0.15) is 5.10 Å². The molecule has 6 rings (SSSR count). The summed E-state index contributed by atoms with van der Waals surface area (Å²) in [6.45, 7) is 5.08. The van der Waals surface area contributed by atoms with Gasteiger partial charge in [-0.05, 0) is 43.7 Å². The van der Waals surface area contributed by atoms with Crippen LogP contribution in [-0.2, 0) is 4.74 Å². The summed E-state index contributed by atoms with van der Waals surface area (Å²) in [5.74, 6) is 0.935. The molecule has 4 aromatic rings. The zero-order valence-electron chi connectivity index (χ0n) is 18.9. The Morgan fingerprint density at radius 3 is 2.76 bits per heavy atom. The molecule has 0 aliphatic carbocycles. The minimum Gasteiger partial charge on any atom is -0.378 e. The lowest BCUT2D eigenvalue weighted by atomic mass is 9.77. The van der Waals surface area contributed by atoms with E-state index in [1.165, 1.54) is 18.2 Å². The highest BCUT2D eigenvalue weighted by Crippen LogP contribution is 2.42. The third-order valence-electron chi connectivity index (χ3n) is 6.87. The van der Waals surface area contributed by atoms with Gasteiger partial charge in [-0.3, -0.25) is 0 Å². The maximum absolute atomic E-state index is 6.79. The number of hydrogen-bond donors (Lipinski definition) is 0. The first-order valence-electron chi connectivity index (χ1n) is 11.5. The fourth-order valence-corrected chi connectivity index (χ4v) is 6.11. The summed E-state index contributed by atoms with van der Waals surface area (Å²) in [5.41, 5.74) is 2.84. The van der Waals surface area contributed by atoms with Gasteiger partial charge in [0.1, 0.15) is 10.8 Å². The first-order chi connectivity index (χ1) is 16.6. The molecule has 1 aromatic carbocycles. The second-order valence-corrected chi connectivity index (χ2v) is 10.6. The third-order valence-corrected chi connectivity index (χ3v) is 8.37. The van der Waals surface area contributed by atoms with Crippen molar-refractivity contribution in [2.24, 2.45) is 5.41 Å². The largest absolute Gasteiger partial charge is 0.378 e. The standard InChI is InChI=1S/C25H25ClN6OS/c1-17-13-25(16-33-17)7-11-31(12-8-25)22-14-28-23(15-27-22)34-20-4-2-3-18(24(20)26)19-6-10-32-21(30-19)5-9-29-32/h2-6,9-10,14-15,17H,7-8,11-13,16H2,1H3/t17-/m1/s1. The average Bonchev–Trinajstić information content (AvgIpc) is 3.47. The van der Waals surface area contributed by atoms with Gasteiger partial charge in [0.25, 0.3) is 0 Å². The quantitative estimate of drug-likeness (QED) is 0.378. The molecule has 9 heteroatoms. The highest BCUT2D eigenvalue weighted by atomic mass is 35.5. The summed E-state index contributed by atoms with van der Waals surface area (Å²) in [4.78, 5) is 17.3. The molecule has 0 saturated carbocycles. The van der Waals surface area contributed by atoms with E-state index in [9.17, 15) is 0 Å². The van der Waals surface area contributed by atoms with E-state index in [1.54, 1.807) is 10.7 Å². The van der Waals surface area contributed by atoms with Crippen LogP contribution in [0.2, 0.25) is 5.02 Å². The lowest BCUT2D eigenvalue weighted by Gasteiger charge is -2.38. The molecule has 2 saturated heterocycles. The van der Waals surface area contributed by atoms with E-state index in [4.69, 9.17) is 21.3 Å². The molecule has 2 fully saturated rings. The molecule has 0 N–H and O–H groups in total. The number of ether oxygens (including phenoxy) is 1. The fourth-order valence-electron chi connectivity index (χ4n) is 4.99. The molecule has 2 aliphatic rings. The average molecular weight is 493 g/mol. The topological polar surface area (TPSA) is 68.4 Å². The summed E-state index contributed by atoms with van der Waals surface area (Å²) in [5, 5.41) is 5.67. The third kappa shape index (κ3) is 4.15. The first-order valence-corrected chi connectivity index (χ1v) is 12.7. The van der Waals surface area contributed by atoms with E-state index in [0.29, 0.717) is 16.5 Å². The summed E-state index contributed by atoms with van der Waals surface area (Å²) >= 11 is 8.30. The Morgan fingerprint density at radius 1 is 1.12 bits per heavy atom. The number of anilines is 1. The minimum atomic E-state index is 0.359. The van der Waals surface area contributed by atoms with Crippen molar-refractivity contribution in [1.82, 2.24) is 24.6 Å². The lowest BCUT2D eigenvalue weighted by Crippen LogP contribution is -2.41. The Kier molecular flexibility index (Phi) is 5.67. The van der Waals surface area contributed by atoms with Crippen molar-refractivity contribution >= 4 is 34.8 Å². The Balaban J connectivity index is 1.16. The van der Waals surface area contributed by atoms with E-state index >= 15 is 0 Å². The fraction of sp³-hybridized carbons (Fsp3) is 0.360. The Labute approximate surface area is 207 Å². The number of aromatic nitrogens is 5. The maximum Gasteiger partial charge on any atom is 0.155 e. The van der Waals surface area contributed by atoms with Crippen molar-refractivity contribution < 1.29 is 4.74 Å². The van der Waals surface area contributed by atoms with Crippen molar-refractivity contribution in [3.63, 3.8) is 0 Å². The van der Waals surface area contributed by atoms with Gasteiger partial charge in [-0.1, -0.05) is 35.5 Å². The lowest BCUT2D eigenvalue weighted by molar-refractivity contribution is 0.0976. The summed E-state index contributed by atoms with van der Waals surface area (Å²) in [7, 11) is 0. The molecular formula is C25H25ClN6OS. The number of fused-ring (bicyclic) bond motifs is 1. The molecule has 1 spiro atoms. The van der Waals surface area contributed by atoms with Gasteiger partial charge in [-0.25, -0.2) is 19.5 Å². The molecular weight excluding hydrogens is 468 g/mol. The minimum absolute atomic E-state index is 0.359. The summed E-state index contributed by atoms with van der Waals surface area (Å²) in [6.07, 6.45) is 11.2. The predicted molar refractivity (Wildman–Crippen MR) is 133 cm³/mol. The number of benzene rings is 1. The second kappa shape index (κ2) is 8.83. The smallest absolute Gasteiger partial charge is 0.155 e. The molecule has 3 aromatic heterocycles. The van der Waals surface area contributed by atoms with Gasteiger partial charge in [0.15, 0.2) is 5.65 Å². The van der Waals surface area contributed by atoms with Gasteiger partial charge in [-0.15, -0.1) is 0 Å². The number of piperidine rings is 1. The predicted octanol–water partition coefficient (Wildman–Crippen LogP) is 5.39. The number of rotatable bonds is 4. The summed E-state index contributed by atoms with van der Waals surface area (Å²) < 4.78 is 7.59.